The van der Waals surface area contributed by atoms with Crippen LogP contribution >= 0.6 is 15.9 Å². The van der Waals surface area contributed by atoms with E-state index < -0.39 is 12.6 Å². The molecular weight excluding hydrogens is 311 g/mol. The molecule has 0 aliphatic heterocycles. The van der Waals surface area contributed by atoms with E-state index in [1.807, 2.05) is 0 Å². The van der Waals surface area contributed by atoms with Gasteiger partial charge in [-0.25, -0.2) is 0 Å². The normalized spacial score (nSPS) is 11.3. The molecule has 0 spiro atoms. The molecule has 0 aromatic heterocycles. The predicted octanol–water partition coefficient (Wildman–Crippen LogP) is 3.91. The maximum absolute atomic E-state index is 11.9. The quantitative estimate of drug-likeness (QED) is 0.818. The number of unbranched alkanes of at least 4 members (excludes halogenated alkanes) is 1. The van der Waals surface area contributed by atoms with Gasteiger partial charge in [0.25, 0.3) is 5.91 Å². The summed E-state index contributed by atoms with van der Waals surface area (Å²) in [7, 11) is 0. The van der Waals surface area contributed by atoms with Crippen LogP contribution in [0.5, 0.6) is 0 Å². The minimum atomic E-state index is -4.12. The third-order valence-corrected chi connectivity index (χ3v) is 2.81. The molecule has 0 fully saturated rings. The molecule has 0 bridgehead atoms. The van der Waals surface area contributed by atoms with Crippen molar-refractivity contribution in [3.63, 3.8) is 0 Å². The molecule has 0 radical (unpaired) electrons. The van der Waals surface area contributed by atoms with Gasteiger partial charge in [-0.1, -0.05) is 15.9 Å². The molecule has 0 saturated carbocycles. The zero-order chi connectivity index (χ0) is 13.6. The molecule has 1 aromatic carbocycles. The predicted molar refractivity (Wildman–Crippen MR) is 66.4 cm³/mol. The number of benzene rings is 1. The fourth-order valence-electron chi connectivity index (χ4n) is 1.36. The molecule has 1 N–H and O–H groups in total. The third-order valence-electron chi connectivity index (χ3n) is 2.28. The number of amides is 1. The Morgan fingerprint density at radius 1 is 1.17 bits per heavy atom. The van der Waals surface area contributed by atoms with E-state index >= 15 is 0 Å². The first-order valence-corrected chi connectivity index (χ1v) is 6.28. The number of nitrogens with one attached hydrogen (secondary N) is 1. The number of carbonyl (C=O) groups is 1. The molecule has 1 aromatic rings. The Hall–Kier alpha value is -1.04. The topological polar surface area (TPSA) is 29.1 Å². The molecule has 18 heavy (non-hydrogen) atoms. The Balaban J connectivity index is 2.24. The van der Waals surface area contributed by atoms with Crippen molar-refractivity contribution in [2.45, 2.75) is 25.4 Å². The van der Waals surface area contributed by atoms with Gasteiger partial charge in [-0.15, -0.1) is 0 Å². The SMILES string of the molecule is O=C(NCCCCC(F)(F)F)c1ccc(Br)cc1. The average molecular weight is 324 g/mol. The smallest absolute Gasteiger partial charge is 0.352 e. The molecule has 0 unspecified atom stereocenters. The molecule has 2 nitrogen and oxygen atoms in total. The Bertz CT molecular complexity index is 389. The minimum absolute atomic E-state index is 0.0319. The van der Waals surface area contributed by atoms with Crippen LogP contribution in [0.3, 0.4) is 0 Å². The van der Waals surface area contributed by atoms with Gasteiger partial charge in [0.2, 0.25) is 0 Å². The van der Waals surface area contributed by atoms with Gasteiger partial charge in [-0.3, -0.25) is 4.79 Å². The van der Waals surface area contributed by atoms with Crippen LogP contribution in [-0.4, -0.2) is 18.6 Å². The van der Waals surface area contributed by atoms with Crippen molar-refractivity contribution in [2.24, 2.45) is 0 Å². The largest absolute Gasteiger partial charge is 0.389 e. The summed E-state index contributed by atoms with van der Waals surface area (Å²) in [6.45, 7) is 0.255. The van der Waals surface area contributed by atoms with Crippen LogP contribution in [-0.2, 0) is 0 Å². The zero-order valence-electron chi connectivity index (χ0n) is 9.56. The highest BCUT2D eigenvalue weighted by atomic mass is 79.9. The first-order valence-electron chi connectivity index (χ1n) is 5.49. The molecule has 100 valence electrons. The van der Waals surface area contributed by atoms with E-state index in [9.17, 15) is 18.0 Å². The van der Waals surface area contributed by atoms with Crippen molar-refractivity contribution in [1.29, 1.82) is 0 Å². The molecule has 0 atom stereocenters. The Kier molecular flexibility index (Phi) is 5.65. The lowest BCUT2D eigenvalue weighted by Crippen LogP contribution is -2.24. The van der Waals surface area contributed by atoms with Crippen molar-refractivity contribution in [3.8, 4) is 0 Å². The van der Waals surface area contributed by atoms with E-state index in [0.717, 1.165) is 4.47 Å². The second-order valence-corrected chi connectivity index (χ2v) is 4.75. The fourth-order valence-corrected chi connectivity index (χ4v) is 1.62. The van der Waals surface area contributed by atoms with E-state index in [0.29, 0.717) is 12.0 Å². The lowest BCUT2D eigenvalue weighted by molar-refractivity contribution is -0.135. The van der Waals surface area contributed by atoms with Gasteiger partial charge in [-0.2, -0.15) is 13.2 Å². The van der Waals surface area contributed by atoms with Crippen LogP contribution in [0.2, 0.25) is 0 Å². The monoisotopic (exact) mass is 323 g/mol. The summed E-state index contributed by atoms with van der Waals surface area (Å²) in [4.78, 5) is 11.6. The van der Waals surface area contributed by atoms with E-state index in [2.05, 4.69) is 21.2 Å². The lowest BCUT2D eigenvalue weighted by Gasteiger charge is -2.07. The molecular formula is C12H13BrF3NO. The maximum atomic E-state index is 11.9. The minimum Gasteiger partial charge on any atom is -0.352 e. The van der Waals surface area contributed by atoms with Gasteiger partial charge in [0.1, 0.15) is 0 Å². The van der Waals surface area contributed by atoms with E-state index in [1.54, 1.807) is 24.3 Å². The zero-order valence-corrected chi connectivity index (χ0v) is 11.1. The molecule has 0 saturated heterocycles. The third kappa shape index (κ3) is 6.05. The summed E-state index contributed by atoms with van der Waals surface area (Å²) >= 11 is 3.25. The van der Waals surface area contributed by atoms with Crippen molar-refractivity contribution >= 4 is 21.8 Å². The van der Waals surface area contributed by atoms with Gasteiger partial charge < -0.3 is 5.32 Å². The molecule has 1 rings (SSSR count). The van der Waals surface area contributed by atoms with Gasteiger partial charge in [0.05, 0.1) is 0 Å². The summed E-state index contributed by atoms with van der Waals surface area (Å²) in [5.41, 5.74) is 0.494. The molecule has 1 amide bonds. The summed E-state index contributed by atoms with van der Waals surface area (Å²) in [6, 6.07) is 6.77. The van der Waals surface area contributed by atoms with Crippen molar-refractivity contribution in [1.82, 2.24) is 5.32 Å². The van der Waals surface area contributed by atoms with Gasteiger partial charge >= 0.3 is 6.18 Å². The maximum Gasteiger partial charge on any atom is 0.389 e. The highest BCUT2D eigenvalue weighted by Gasteiger charge is 2.25. The van der Waals surface area contributed by atoms with Crippen molar-refractivity contribution in [3.05, 3.63) is 34.3 Å². The standard InChI is InChI=1S/C12H13BrF3NO/c13-10-5-3-9(4-6-10)11(18)17-8-2-1-7-12(14,15)16/h3-6H,1-2,7-8H2,(H,17,18). The van der Waals surface area contributed by atoms with Crippen molar-refractivity contribution < 1.29 is 18.0 Å². The average Bonchev–Trinajstić information content (AvgIpc) is 2.27. The molecule has 0 aliphatic rings. The number of hydrogen-bond donors (Lipinski definition) is 1. The number of halogens is 4. The van der Waals surface area contributed by atoms with E-state index in [4.69, 9.17) is 0 Å². The number of hydrogen-bond acceptors (Lipinski definition) is 1. The Labute approximate surface area is 112 Å². The summed E-state index contributed by atoms with van der Waals surface area (Å²) < 4.78 is 36.4. The number of rotatable bonds is 5. The van der Waals surface area contributed by atoms with Crippen molar-refractivity contribution in [2.75, 3.05) is 6.54 Å². The van der Waals surface area contributed by atoms with Crippen LogP contribution in [0.25, 0.3) is 0 Å². The molecule has 0 heterocycles. The highest BCUT2D eigenvalue weighted by Crippen LogP contribution is 2.21. The van der Waals surface area contributed by atoms with Crippen LogP contribution < -0.4 is 5.32 Å². The van der Waals surface area contributed by atoms with Crippen LogP contribution in [0.1, 0.15) is 29.6 Å². The highest BCUT2D eigenvalue weighted by molar-refractivity contribution is 9.10. The van der Waals surface area contributed by atoms with Crippen LogP contribution in [0.15, 0.2) is 28.7 Å². The summed E-state index contributed by atoms with van der Waals surface area (Å²) in [5.74, 6) is -0.269. The van der Waals surface area contributed by atoms with Gasteiger partial charge in [-0.05, 0) is 37.1 Å². The summed E-state index contributed by atoms with van der Waals surface area (Å²) in [5, 5.41) is 2.58. The van der Waals surface area contributed by atoms with Crippen LogP contribution in [0, 0.1) is 0 Å². The van der Waals surface area contributed by atoms with Gasteiger partial charge in [0.15, 0.2) is 0 Å². The second-order valence-electron chi connectivity index (χ2n) is 3.84. The lowest BCUT2D eigenvalue weighted by atomic mass is 10.2. The first kappa shape index (κ1) is 15.0. The second kappa shape index (κ2) is 6.78. The van der Waals surface area contributed by atoms with Gasteiger partial charge in [0, 0.05) is 23.0 Å². The Morgan fingerprint density at radius 2 is 1.78 bits per heavy atom. The Morgan fingerprint density at radius 3 is 2.33 bits per heavy atom. The van der Waals surface area contributed by atoms with E-state index in [-0.39, 0.29) is 18.9 Å². The van der Waals surface area contributed by atoms with Crippen LogP contribution in [0.4, 0.5) is 13.2 Å². The first-order chi connectivity index (χ1) is 8.38. The number of carbonyl (C=O) groups excluding carboxylic acids is 1. The number of alkyl halides is 3. The molecule has 6 heteroatoms. The fraction of sp³-hybridized carbons (Fsp3) is 0.417. The summed E-state index contributed by atoms with van der Waals surface area (Å²) in [6.07, 6.45) is -4.57. The molecule has 0 aliphatic carbocycles. The van der Waals surface area contributed by atoms with E-state index in [1.165, 1.54) is 0 Å².